The Balaban J connectivity index is 2.61. The van der Waals surface area contributed by atoms with Gasteiger partial charge in [-0.1, -0.05) is 19.9 Å². The van der Waals surface area contributed by atoms with Crippen LogP contribution in [-0.4, -0.2) is 18.6 Å². The van der Waals surface area contributed by atoms with Crippen LogP contribution in [0.2, 0.25) is 0 Å². The number of ether oxygens (including phenoxy) is 1. The lowest BCUT2D eigenvalue weighted by Crippen LogP contribution is -2.20. The number of hydrogen-bond acceptors (Lipinski definition) is 3. The van der Waals surface area contributed by atoms with Crippen LogP contribution in [-0.2, 0) is 4.79 Å². The first-order chi connectivity index (χ1) is 8.15. The van der Waals surface area contributed by atoms with E-state index in [2.05, 4.69) is 19.2 Å². The first-order valence-corrected chi connectivity index (χ1v) is 5.93. The molecule has 1 amide bonds. The minimum absolute atomic E-state index is 0.0889. The first kappa shape index (κ1) is 13.4. The van der Waals surface area contributed by atoms with Gasteiger partial charge in [0.15, 0.2) is 6.61 Å². The molecule has 3 N–H and O–H groups in total. The number of rotatable bonds is 7. The quantitative estimate of drug-likeness (QED) is 0.762. The molecule has 0 aliphatic carbocycles. The number of nitrogens with one attached hydrogen (secondary N) is 1. The third kappa shape index (κ3) is 4.76. The number of carbonyl (C=O) groups is 1. The van der Waals surface area contributed by atoms with Crippen molar-refractivity contribution in [2.24, 2.45) is 5.73 Å². The van der Waals surface area contributed by atoms with Crippen molar-refractivity contribution in [2.45, 2.75) is 32.7 Å². The van der Waals surface area contributed by atoms with E-state index in [0.29, 0.717) is 11.8 Å². The van der Waals surface area contributed by atoms with Crippen molar-refractivity contribution < 1.29 is 9.53 Å². The molecule has 4 nitrogen and oxygen atoms in total. The number of benzene rings is 1. The highest BCUT2D eigenvalue weighted by Crippen LogP contribution is 2.19. The highest BCUT2D eigenvalue weighted by Gasteiger charge is 2.04. The summed E-state index contributed by atoms with van der Waals surface area (Å²) in [6.45, 7) is 4.21. The van der Waals surface area contributed by atoms with Crippen LogP contribution in [0.1, 0.15) is 26.7 Å². The summed E-state index contributed by atoms with van der Waals surface area (Å²) in [5.74, 6) is 0.183. The van der Waals surface area contributed by atoms with Crippen LogP contribution in [0.15, 0.2) is 24.3 Å². The van der Waals surface area contributed by atoms with Gasteiger partial charge in [-0.05, 0) is 25.0 Å². The van der Waals surface area contributed by atoms with Crippen LogP contribution >= 0.6 is 0 Å². The molecular weight excluding hydrogens is 216 g/mol. The van der Waals surface area contributed by atoms with E-state index < -0.39 is 5.91 Å². The van der Waals surface area contributed by atoms with Gasteiger partial charge in [0.05, 0.1) is 0 Å². The van der Waals surface area contributed by atoms with Gasteiger partial charge >= 0.3 is 0 Å². The average molecular weight is 236 g/mol. The molecule has 0 unspecified atom stereocenters. The van der Waals surface area contributed by atoms with Gasteiger partial charge in [0.2, 0.25) is 0 Å². The standard InChI is InChI=1S/C13H20N2O2/c1-3-10(4-2)15-11-6-5-7-12(8-11)17-9-13(14)16/h5-8,10,15H,3-4,9H2,1-2H3,(H2,14,16). The fraction of sp³-hybridized carbons (Fsp3) is 0.462. The molecule has 17 heavy (non-hydrogen) atoms. The summed E-state index contributed by atoms with van der Waals surface area (Å²) in [5.41, 5.74) is 6.02. The molecule has 0 bridgehead atoms. The Labute approximate surface area is 102 Å². The molecular formula is C13H20N2O2. The minimum atomic E-state index is -0.469. The molecule has 0 heterocycles. The number of nitrogens with two attached hydrogens (primary N) is 1. The van der Waals surface area contributed by atoms with Crippen molar-refractivity contribution in [3.05, 3.63) is 24.3 Å². The minimum Gasteiger partial charge on any atom is -0.484 e. The molecule has 0 atom stereocenters. The van der Waals surface area contributed by atoms with Crippen molar-refractivity contribution in [2.75, 3.05) is 11.9 Å². The van der Waals surface area contributed by atoms with Crippen molar-refractivity contribution in [1.29, 1.82) is 0 Å². The molecule has 0 saturated heterocycles. The van der Waals surface area contributed by atoms with E-state index in [0.717, 1.165) is 18.5 Å². The number of primary amides is 1. The van der Waals surface area contributed by atoms with E-state index in [4.69, 9.17) is 10.5 Å². The van der Waals surface area contributed by atoms with Crippen LogP contribution in [0.3, 0.4) is 0 Å². The van der Waals surface area contributed by atoms with E-state index in [1.165, 1.54) is 0 Å². The molecule has 0 aliphatic rings. The van der Waals surface area contributed by atoms with Gasteiger partial charge in [-0.2, -0.15) is 0 Å². The highest BCUT2D eigenvalue weighted by molar-refractivity contribution is 5.75. The first-order valence-electron chi connectivity index (χ1n) is 5.93. The lowest BCUT2D eigenvalue weighted by atomic mass is 10.1. The maximum atomic E-state index is 10.6. The van der Waals surface area contributed by atoms with Crippen LogP contribution < -0.4 is 15.8 Å². The Morgan fingerprint density at radius 3 is 2.71 bits per heavy atom. The predicted octanol–water partition coefficient (Wildman–Crippen LogP) is 2.15. The molecule has 94 valence electrons. The lowest BCUT2D eigenvalue weighted by molar-refractivity contribution is -0.119. The maximum Gasteiger partial charge on any atom is 0.255 e. The summed E-state index contributed by atoms with van der Waals surface area (Å²) >= 11 is 0. The summed E-state index contributed by atoms with van der Waals surface area (Å²) in [7, 11) is 0. The monoisotopic (exact) mass is 236 g/mol. The fourth-order valence-electron chi connectivity index (χ4n) is 1.56. The van der Waals surface area contributed by atoms with Crippen molar-refractivity contribution in [1.82, 2.24) is 0 Å². The Hall–Kier alpha value is -1.71. The Morgan fingerprint density at radius 2 is 2.12 bits per heavy atom. The van der Waals surface area contributed by atoms with Gasteiger partial charge in [0.25, 0.3) is 5.91 Å². The molecule has 1 rings (SSSR count). The zero-order valence-corrected chi connectivity index (χ0v) is 10.4. The van der Waals surface area contributed by atoms with Crippen LogP contribution in [0.5, 0.6) is 5.75 Å². The average Bonchev–Trinajstić information content (AvgIpc) is 2.34. The second kappa shape index (κ2) is 6.78. The number of hydrogen-bond donors (Lipinski definition) is 2. The molecule has 1 aromatic rings. The molecule has 0 saturated carbocycles. The Morgan fingerprint density at radius 1 is 1.41 bits per heavy atom. The van der Waals surface area contributed by atoms with Crippen molar-refractivity contribution in [3.8, 4) is 5.75 Å². The largest absolute Gasteiger partial charge is 0.484 e. The SMILES string of the molecule is CCC(CC)Nc1cccc(OCC(N)=O)c1. The number of carbonyl (C=O) groups excluding carboxylic acids is 1. The summed E-state index contributed by atoms with van der Waals surface area (Å²) in [6.07, 6.45) is 2.14. The number of anilines is 1. The van der Waals surface area contributed by atoms with E-state index in [9.17, 15) is 4.79 Å². The second-order valence-corrected chi connectivity index (χ2v) is 3.94. The van der Waals surface area contributed by atoms with Crippen molar-refractivity contribution in [3.63, 3.8) is 0 Å². The van der Waals surface area contributed by atoms with E-state index in [1.54, 1.807) is 6.07 Å². The fourth-order valence-corrected chi connectivity index (χ4v) is 1.56. The van der Waals surface area contributed by atoms with Gasteiger partial charge in [-0.25, -0.2) is 0 Å². The molecule has 0 aliphatic heterocycles. The smallest absolute Gasteiger partial charge is 0.255 e. The van der Waals surface area contributed by atoms with Crippen LogP contribution in [0, 0.1) is 0 Å². The third-order valence-corrected chi connectivity index (χ3v) is 2.57. The Kier molecular flexibility index (Phi) is 5.33. The Bertz CT molecular complexity index is 362. The zero-order chi connectivity index (χ0) is 12.7. The van der Waals surface area contributed by atoms with Crippen molar-refractivity contribution >= 4 is 11.6 Å². The molecule has 0 spiro atoms. The van der Waals surface area contributed by atoms with E-state index in [-0.39, 0.29) is 6.61 Å². The van der Waals surface area contributed by atoms with Gasteiger partial charge in [0, 0.05) is 17.8 Å². The summed E-state index contributed by atoms with van der Waals surface area (Å²) in [6, 6.07) is 8.01. The highest BCUT2D eigenvalue weighted by atomic mass is 16.5. The van der Waals surface area contributed by atoms with E-state index >= 15 is 0 Å². The topological polar surface area (TPSA) is 64.3 Å². The molecule has 0 radical (unpaired) electrons. The normalized spacial score (nSPS) is 10.3. The van der Waals surface area contributed by atoms with Gasteiger partial charge in [-0.3, -0.25) is 4.79 Å². The van der Waals surface area contributed by atoms with Crippen LogP contribution in [0.4, 0.5) is 5.69 Å². The molecule has 0 aromatic heterocycles. The van der Waals surface area contributed by atoms with Gasteiger partial charge in [-0.15, -0.1) is 0 Å². The maximum absolute atomic E-state index is 10.6. The summed E-state index contributed by atoms with van der Waals surface area (Å²) in [5, 5.41) is 3.41. The zero-order valence-electron chi connectivity index (χ0n) is 10.4. The van der Waals surface area contributed by atoms with Gasteiger partial charge in [0.1, 0.15) is 5.75 Å². The predicted molar refractivity (Wildman–Crippen MR) is 69.1 cm³/mol. The number of amides is 1. The van der Waals surface area contributed by atoms with Crippen LogP contribution in [0.25, 0.3) is 0 Å². The van der Waals surface area contributed by atoms with E-state index in [1.807, 2.05) is 18.2 Å². The molecule has 1 aromatic carbocycles. The van der Waals surface area contributed by atoms with Gasteiger partial charge < -0.3 is 15.8 Å². The third-order valence-electron chi connectivity index (χ3n) is 2.57. The molecule has 4 heteroatoms. The second-order valence-electron chi connectivity index (χ2n) is 3.94. The lowest BCUT2D eigenvalue weighted by Gasteiger charge is -2.16. The summed E-state index contributed by atoms with van der Waals surface area (Å²) < 4.78 is 5.24. The summed E-state index contributed by atoms with van der Waals surface area (Å²) in [4.78, 5) is 10.6. The molecule has 0 fully saturated rings.